The summed E-state index contributed by atoms with van der Waals surface area (Å²) in [5.41, 5.74) is 7.10. The summed E-state index contributed by atoms with van der Waals surface area (Å²) in [5.74, 6) is 0.447. The van der Waals surface area contributed by atoms with Crippen LogP contribution >= 0.6 is 31.9 Å². The molecule has 18 heavy (non-hydrogen) atoms. The fourth-order valence-electron chi connectivity index (χ4n) is 3.12. The van der Waals surface area contributed by atoms with Gasteiger partial charge in [-0.05, 0) is 46.1 Å². The fourth-order valence-corrected chi connectivity index (χ4v) is 4.20. The molecule has 0 N–H and O–H groups in total. The zero-order valence-corrected chi connectivity index (χ0v) is 12.8. The SMILES string of the molecule is BrC1=CC2=CC=C3CC(Br)=CC4=C3C2C(=C1)C=C4. The van der Waals surface area contributed by atoms with Crippen molar-refractivity contribution in [3.05, 3.63) is 79.4 Å². The van der Waals surface area contributed by atoms with E-state index in [1.54, 1.807) is 0 Å². The Bertz CT molecular complexity index is 676. The van der Waals surface area contributed by atoms with Gasteiger partial charge in [0.1, 0.15) is 0 Å². The van der Waals surface area contributed by atoms with E-state index in [0.717, 1.165) is 10.9 Å². The van der Waals surface area contributed by atoms with Crippen molar-refractivity contribution in [2.45, 2.75) is 6.42 Å². The first-order valence-electron chi connectivity index (χ1n) is 6.00. The van der Waals surface area contributed by atoms with Crippen LogP contribution in [0.25, 0.3) is 0 Å². The number of halogens is 2. The van der Waals surface area contributed by atoms with Crippen LogP contribution in [0, 0.1) is 5.92 Å². The van der Waals surface area contributed by atoms with Crippen LogP contribution < -0.4 is 0 Å². The summed E-state index contributed by atoms with van der Waals surface area (Å²) in [7, 11) is 0. The van der Waals surface area contributed by atoms with Gasteiger partial charge in [0.2, 0.25) is 0 Å². The van der Waals surface area contributed by atoms with Crippen LogP contribution in [0.15, 0.2) is 79.4 Å². The highest BCUT2D eigenvalue weighted by molar-refractivity contribution is 9.12. The first kappa shape index (κ1) is 11.0. The lowest BCUT2D eigenvalue weighted by Crippen LogP contribution is -2.21. The van der Waals surface area contributed by atoms with Crippen molar-refractivity contribution in [1.82, 2.24) is 0 Å². The Morgan fingerprint density at radius 3 is 2.72 bits per heavy atom. The molecule has 2 heteroatoms. The number of hydrogen-bond acceptors (Lipinski definition) is 0. The lowest BCUT2D eigenvalue weighted by atomic mass is 9.69. The highest BCUT2D eigenvalue weighted by atomic mass is 79.9. The molecular formula is C16H10Br2. The highest BCUT2D eigenvalue weighted by Gasteiger charge is 2.33. The summed E-state index contributed by atoms with van der Waals surface area (Å²) >= 11 is 7.24. The third-order valence-electron chi connectivity index (χ3n) is 3.83. The second-order valence-corrected chi connectivity index (χ2v) is 6.87. The topological polar surface area (TPSA) is 0 Å². The Morgan fingerprint density at radius 1 is 0.944 bits per heavy atom. The smallest absolute Gasteiger partial charge is 0.0349 e. The van der Waals surface area contributed by atoms with Crippen LogP contribution in [-0.4, -0.2) is 0 Å². The second-order valence-electron chi connectivity index (χ2n) is 4.94. The van der Waals surface area contributed by atoms with Gasteiger partial charge in [0.15, 0.2) is 0 Å². The van der Waals surface area contributed by atoms with Crippen molar-refractivity contribution in [3.63, 3.8) is 0 Å². The molecule has 0 bridgehead atoms. The summed E-state index contributed by atoms with van der Waals surface area (Å²) in [6, 6.07) is 0. The Hall–Kier alpha value is -0.860. The largest absolute Gasteiger partial charge is 0.0580 e. The average molecular weight is 362 g/mol. The second kappa shape index (κ2) is 3.82. The van der Waals surface area contributed by atoms with Crippen LogP contribution in [0.2, 0.25) is 0 Å². The van der Waals surface area contributed by atoms with E-state index >= 15 is 0 Å². The molecule has 0 nitrogen and oxygen atoms in total. The molecule has 4 aliphatic carbocycles. The van der Waals surface area contributed by atoms with Crippen molar-refractivity contribution in [2.75, 3.05) is 0 Å². The molecule has 0 spiro atoms. The van der Waals surface area contributed by atoms with Crippen molar-refractivity contribution in [1.29, 1.82) is 0 Å². The lowest BCUT2D eigenvalue weighted by molar-refractivity contribution is 0.829. The standard InChI is InChI=1S/C16H10Br2/c17-13-5-9-1-2-10-6-14(18)8-12-4-3-11(7-13)15(9)16(10)12/h1-7,15H,8H2. The van der Waals surface area contributed by atoms with Crippen LogP contribution in [-0.2, 0) is 0 Å². The molecule has 0 saturated heterocycles. The van der Waals surface area contributed by atoms with Crippen LogP contribution in [0.3, 0.4) is 0 Å². The van der Waals surface area contributed by atoms with Gasteiger partial charge in [-0.3, -0.25) is 0 Å². The van der Waals surface area contributed by atoms with Gasteiger partial charge in [-0.25, -0.2) is 0 Å². The van der Waals surface area contributed by atoms with E-state index in [1.807, 2.05) is 0 Å². The van der Waals surface area contributed by atoms with Crippen molar-refractivity contribution in [2.24, 2.45) is 5.92 Å². The van der Waals surface area contributed by atoms with Crippen molar-refractivity contribution in [3.8, 4) is 0 Å². The summed E-state index contributed by atoms with van der Waals surface area (Å²) in [4.78, 5) is 0. The molecule has 4 aliphatic rings. The first-order valence-corrected chi connectivity index (χ1v) is 7.59. The molecule has 1 atom stereocenters. The van der Waals surface area contributed by atoms with E-state index in [0.29, 0.717) is 5.92 Å². The van der Waals surface area contributed by atoms with E-state index in [1.165, 1.54) is 32.3 Å². The predicted octanol–water partition coefficient (Wildman–Crippen LogP) is 5.24. The van der Waals surface area contributed by atoms with E-state index in [-0.39, 0.29) is 0 Å². The molecular weight excluding hydrogens is 352 g/mol. The quantitative estimate of drug-likeness (QED) is 0.553. The molecule has 0 heterocycles. The molecule has 4 rings (SSSR count). The Morgan fingerprint density at radius 2 is 1.83 bits per heavy atom. The minimum atomic E-state index is 0.447. The summed E-state index contributed by atoms with van der Waals surface area (Å²) in [6.45, 7) is 0. The summed E-state index contributed by atoms with van der Waals surface area (Å²) in [5, 5.41) is 0. The molecule has 1 unspecified atom stereocenters. The number of rotatable bonds is 0. The highest BCUT2D eigenvalue weighted by Crippen LogP contribution is 2.49. The zero-order chi connectivity index (χ0) is 12.3. The summed E-state index contributed by atoms with van der Waals surface area (Å²) < 4.78 is 2.44. The maximum absolute atomic E-state index is 3.64. The molecule has 0 amide bonds. The van der Waals surface area contributed by atoms with E-state index in [4.69, 9.17) is 0 Å². The Kier molecular flexibility index (Phi) is 2.33. The normalized spacial score (nSPS) is 27.9. The third kappa shape index (κ3) is 1.49. The minimum absolute atomic E-state index is 0.447. The summed E-state index contributed by atoms with van der Waals surface area (Å²) in [6.07, 6.45) is 16.8. The average Bonchev–Trinajstić information content (AvgIpc) is 2.34. The van der Waals surface area contributed by atoms with Gasteiger partial charge < -0.3 is 0 Å². The first-order chi connectivity index (χ1) is 8.72. The van der Waals surface area contributed by atoms with Gasteiger partial charge >= 0.3 is 0 Å². The number of allylic oxidation sites excluding steroid dienone is 14. The molecule has 88 valence electrons. The molecule has 0 aromatic heterocycles. The maximum Gasteiger partial charge on any atom is 0.0349 e. The molecule has 0 aromatic carbocycles. The van der Waals surface area contributed by atoms with Gasteiger partial charge in [-0.15, -0.1) is 0 Å². The van der Waals surface area contributed by atoms with Crippen molar-refractivity contribution >= 4 is 31.9 Å². The molecule has 0 saturated carbocycles. The Labute approximate surface area is 123 Å². The van der Waals surface area contributed by atoms with Gasteiger partial charge in [0, 0.05) is 21.3 Å². The predicted molar refractivity (Wildman–Crippen MR) is 82.5 cm³/mol. The maximum atomic E-state index is 3.64. The third-order valence-corrected chi connectivity index (χ3v) is 4.79. The molecule has 0 radical (unpaired) electrons. The lowest BCUT2D eigenvalue weighted by Gasteiger charge is -2.36. The monoisotopic (exact) mass is 360 g/mol. The van der Waals surface area contributed by atoms with E-state index < -0.39 is 0 Å². The van der Waals surface area contributed by atoms with Gasteiger partial charge in [-0.2, -0.15) is 0 Å². The zero-order valence-electron chi connectivity index (χ0n) is 9.58. The van der Waals surface area contributed by atoms with E-state index in [2.05, 4.69) is 74.4 Å². The fraction of sp³-hybridized carbons (Fsp3) is 0.125. The van der Waals surface area contributed by atoms with Crippen molar-refractivity contribution < 1.29 is 0 Å². The molecule has 0 aromatic rings. The number of hydrogen-bond donors (Lipinski definition) is 0. The van der Waals surface area contributed by atoms with E-state index in [9.17, 15) is 0 Å². The van der Waals surface area contributed by atoms with Gasteiger partial charge in [-0.1, -0.05) is 56.2 Å². The van der Waals surface area contributed by atoms with Crippen LogP contribution in [0.5, 0.6) is 0 Å². The molecule has 0 aliphatic heterocycles. The molecule has 0 fully saturated rings. The van der Waals surface area contributed by atoms with Crippen LogP contribution in [0.4, 0.5) is 0 Å². The van der Waals surface area contributed by atoms with Gasteiger partial charge in [0.05, 0.1) is 0 Å². The van der Waals surface area contributed by atoms with Crippen LogP contribution in [0.1, 0.15) is 6.42 Å². The minimum Gasteiger partial charge on any atom is -0.0580 e. The Balaban J connectivity index is 2.00. The van der Waals surface area contributed by atoms with Gasteiger partial charge in [0.25, 0.3) is 0 Å².